The second-order valence-corrected chi connectivity index (χ2v) is 3.12. The Labute approximate surface area is 101 Å². The number of hydrogen-bond acceptors (Lipinski definition) is 4. The number of methoxy groups -OCH3 is 2. The molecule has 0 aliphatic heterocycles. The predicted octanol–water partition coefficient (Wildman–Crippen LogP) is 2.09. The zero-order chi connectivity index (χ0) is 11.3. The lowest BCUT2D eigenvalue weighted by Gasteiger charge is -2.12. The van der Waals surface area contributed by atoms with Crippen LogP contribution in [0.15, 0.2) is 24.3 Å². The van der Waals surface area contributed by atoms with Crippen LogP contribution in [-0.2, 0) is 9.53 Å². The number of benzene rings is 1. The SMILES string of the molecule is COC(=O)[C@@H](C)Nc1ccc(OC)cc1.Cl. The molecular weight excluding hydrogens is 230 g/mol. The van der Waals surface area contributed by atoms with Crippen LogP contribution < -0.4 is 10.1 Å². The molecule has 0 aliphatic carbocycles. The Morgan fingerprint density at radius 2 is 1.81 bits per heavy atom. The number of carbonyl (C=O) groups is 1. The van der Waals surface area contributed by atoms with Crippen LogP contribution in [0.3, 0.4) is 0 Å². The van der Waals surface area contributed by atoms with Crippen molar-refractivity contribution < 1.29 is 14.3 Å². The molecule has 0 aromatic heterocycles. The number of esters is 1. The van der Waals surface area contributed by atoms with Gasteiger partial charge in [-0.25, -0.2) is 4.79 Å². The van der Waals surface area contributed by atoms with Crippen molar-refractivity contribution in [1.29, 1.82) is 0 Å². The van der Waals surface area contributed by atoms with E-state index in [2.05, 4.69) is 10.1 Å². The van der Waals surface area contributed by atoms with Crippen LogP contribution in [-0.4, -0.2) is 26.2 Å². The van der Waals surface area contributed by atoms with E-state index in [4.69, 9.17) is 4.74 Å². The Morgan fingerprint density at radius 1 is 1.25 bits per heavy atom. The third-order valence-corrected chi connectivity index (χ3v) is 2.03. The first-order chi connectivity index (χ1) is 7.17. The van der Waals surface area contributed by atoms with E-state index in [1.807, 2.05) is 24.3 Å². The van der Waals surface area contributed by atoms with E-state index in [1.165, 1.54) is 7.11 Å². The molecule has 90 valence electrons. The van der Waals surface area contributed by atoms with E-state index in [0.29, 0.717) is 0 Å². The van der Waals surface area contributed by atoms with Crippen molar-refractivity contribution in [3.8, 4) is 5.75 Å². The molecule has 0 bridgehead atoms. The summed E-state index contributed by atoms with van der Waals surface area (Å²) in [6.07, 6.45) is 0. The van der Waals surface area contributed by atoms with Crippen molar-refractivity contribution >= 4 is 24.1 Å². The zero-order valence-corrected chi connectivity index (χ0v) is 10.3. The molecule has 1 aromatic rings. The highest BCUT2D eigenvalue weighted by atomic mass is 35.5. The second kappa shape index (κ2) is 6.95. The minimum atomic E-state index is -0.358. The number of carbonyl (C=O) groups excluding carboxylic acids is 1. The first kappa shape index (κ1) is 14.6. The highest BCUT2D eigenvalue weighted by Gasteiger charge is 2.11. The van der Waals surface area contributed by atoms with Crippen LogP contribution in [0.1, 0.15) is 6.92 Å². The fourth-order valence-electron chi connectivity index (χ4n) is 1.17. The Balaban J connectivity index is 0.00000225. The van der Waals surface area contributed by atoms with Gasteiger partial charge in [-0.3, -0.25) is 0 Å². The number of hydrogen-bond donors (Lipinski definition) is 1. The molecule has 1 aromatic carbocycles. The Kier molecular flexibility index (Phi) is 6.34. The molecule has 0 aliphatic rings. The molecule has 1 N–H and O–H groups in total. The lowest BCUT2D eigenvalue weighted by molar-refractivity contribution is -0.141. The van der Waals surface area contributed by atoms with Gasteiger partial charge in [0.25, 0.3) is 0 Å². The van der Waals surface area contributed by atoms with Crippen LogP contribution in [0.4, 0.5) is 5.69 Å². The smallest absolute Gasteiger partial charge is 0.327 e. The molecule has 0 fully saturated rings. The molecule has 0 saturated carbocycles. The maximum absolute atomic E-state index is 11.1. The third kappa shape index (κ3) is 3.98. The van der Waals surface area contributed by atoms with Gasteiger partial charge in [-0.2, -0.15) is 0 Å². The molecule has 1 rings (SSSR count). The summed E-state index contributed by atoms with van der Waals surface area (Å²) in [5.74, 6) is 0.497. The monoisotopic (exact) mass is 245 g/mol. The van der Waals surface area contributed by atoms with Crippen LogP contribution in [0, 0.1) is 0 Å². The molecule has 1 atom stereocenters. The lowest BCUT2D eigenvalue weighted by atomic mass is 10.2. The average molecular weight is 246 g/mol. The normalized spacial score (nSPS) is 10.9. The third-order valence-electron chi connectivity index (χ3n) is 2.03. The minimum absolute atomic E-state index is 0. The summed E-state index contributed by atoms with van der Waals surface area (Å²) < 4.78 is 9.63. The average Bonchev–Trinajstić information content (AvgIpc) is 2.29. The zero-order valence-electron chi connectivity index (χ0n) is 9.52. The summed E-state index contributed by atoms with van der Waals surface area (Å²) in [6, 6.07) is 6.98. The number of halogens is 1. The van der Waals surface area contributed by atoms with E-state index >= 15 is 0 Å². The van der Waals surface area contributed by atoms with Gasteiger partial charge in [0.2, 0.25) is 0 Å². The quantitative estimate of drug-likeness (QED) is 0.826. The van der Waals surface area contributed by atoms with Crippen molar-refractivity contribution in [2.45, 2.75) is 13.0 Å². The Hall–Kier alpha value is -1.42. The standard InChI is InChI=1S/C11H15NO3.ClH/c1-8(11(13)15-3)12-9-4-6-10(14-2)7-5-9;/h4-8,12H,1-3H3;1H/t8-;/m1./s1. The summed E-state index contributed by atoms with van der Waals surface area (Å²) in [6.45, 7) is 1.75. The molecule has 0 amide bonds. The number of nitrogens with one attached hydrogen (secondary N) is 1. The number of anilines is 1. The summed E-state index contributed by atoms with van der Waals surface area (Å²) in [5.41, 5.74) is 0.855. The molecule has 4 nitrogen and oxygen atoms in total. The van der Waals surface area contributed by atoms with Crippen LogP contribution in [0.5, 0.6) is 5.75 Å². The Morgan fingerprint density at radius 3 is 2.25 bits per heavy atom. The number of ether oxygens (including phenoxy) is 2. The summed E-state index contributed by atoms with van der Waals surface area (Å²) in [4.78, 5) is 11.1. The molecule has 0 spiro atoms. The van der Waals surface area contributed by atoms with E-state index in [-0.39, 0.29) is 24.4 Å². The van der Waals surface area contributed by atoms with Gasteiger partial charge in [0.1, 0.15) is 11.8 Å². The first-order valence-corrected chi connectivity index (χ1v) is 4.65. The van der Waals surface area contributed by atoms with Crippen LogP contribution in [0.25, 0.3) is 0 Å². The van der Waals surface area contributed by atoms with E-state index in [0.717, 1.165) is 11.4 Å². The van der Waals surface area contributed by atoms with Crippen LogP contribution >= 0.6 is 12.4 Å². The van der Waals surface area contributed by atoms with E-state index in [1.54, 1.807) is 14.0 Å². The first-order valence-electron chi connectivity index (χ1n) is 4.65. The van der Waals surface area contributed by atoms with Gasteiger partial charge in [0.15, 0.2) is 0 Å². The minimum Gasteiger partial charge on any atom is -0.497 e. The predicted molar refractivity (Wildman–Crippen MR) is 65.3 cm³/mol. The van der Waals surface area contributed by atoms with Crippen molar-refractivity contribution in [1.82, 2.24) is 0 Å². The molecule has 5 heteroatoms. The number of rotatable bonds is 4. The molecule has 0 saturated heterocycles. The molecule has 0 unspecified atom stereocenters. The summed E-state index contributed by atoms with van der Waals surface area (Å²) in [7, 11) is 2.98. The van der Waals surface area contributed by atoms with Gasteiger partial charge in [0, 0.05) is 5.69 Å². The molecule has 0 heterocycles. The second-order valence-electron chi connectivity index (χ2n) is 3.12. The molecule has 16 heavy (non-hydrogen) atoms. The van der Waals surface area contributed by atoms with Gasteiger partial charge < -0.3 is 14.8 Å². The topological polar surface area (TPSA) is 47.6 Å². The van der Waals surface area contributed by atoms with E-state index < -0.39 is 0 Å². The van der Waals surface area contributed by atoms with Gasteiger partial charge in [-0.1, -0.05) is 0 Å². The molecule has 0 radical (unpaired) electrons. The highest BCUT2D eigenvalue weighted by Crippen LogP contribution is 2.15. The van der Waals surface area contributed by atoms with E-state index in [9.17, 15) is 4.79 Å². The highest BCUT2D eigenvalue weighted by molar-refractivity contribution is 5.85. The van der Waals surface area contributed by atoms with Gasteiger partial charge in [-0.05, 0) is 31.2 Å². The van der Waals surface area contributed by atoms with Gasteiger partial charge in [0.05, 0.1) is 14.2 Å². The summed E-state index contributed by atoms with van der Waals surface area (Å²) >= 11 is 0. The van der Waals surface area contributed by atoms with Crippen molar-refractivity contribution in [2.75, 3.05) is 19.5 Å². The maximum Gasteiger partial charge on any atom is 0.327 e. The van der Waals surface area contributed by atoms with Gasteiger partial charge in [-0.15, -0.1) is 12.4 Å². The summed E-state index contributed by atoms with van der Waals surface area (Å²) in [5, 5.41) is 3.01. The maximum atomic E-state index is 11.1. The Bertz CT molecular complexity index is 327. The van der Waals surface area contributed by atoms with Crippen molar-refractivity contribution in [3.05, 3.63) is 24.3 Å². The van der Waals surface area contributed by atoms with Crippen LogP contribution in [0.2, 0.25) is 0 Å². The van der Waals surface area contributed by atoms with Crippen molar-refractivity contribution in [2.24, 2.45) is 0 Å². The lowest BCUT2D eigenvalue weighted by Crippen LogP contribution is -2.27. The molecular formula is C11H16ClNO3. The van der Waals surface area contributed by atoms with Crippen molar-refractivity contribution in [3.63, 3.8) is 0 Å². The largest absolute Gasteiger partial charge is 0.497 e. The fourth-order valence-corrected chi connectivity index (χ4v) is 1.17. The van der Waals surface area contributed by atoms with Gasteiger partial charge >= 0.3 is 5.97 Å². The fraction of sp³-hybridized carbons (Fsp3) is 0.364.